The van der Waals surface area contributed by atoms with Crippen LogP contribution >= 0.6 is 0 Å². The predicted molar refractivity (Wildman–Crippen MR) is 65.4 cm³/mol. The van der Waals surface area contributed by atoms with E-state index in [1.54, 1.807) is 6.92 Å². The molecule has 0 saturated carbocycles. The van der Waals surface area contributed by atoms with Crippen molar-refractivity contribution in [2.45, 2.75) is 13.3 Å². The summed E-state index contributed by atoms with van der Waals surface area (Å²) in [6, 6.07) is 2.39. The van der Waals surface area contributed by atoms with Crippen molar-refractivity contribution in [2.24, 2.45) is 0 Å². The highest BCUT2D eigenvalue weighted by Crippen LogP contribution is 2.28. The number of carbonyl (C=O) groups excluding carboxylic acids is 2. The highest BCUT2D eigenvalue weighted by atomic mass is 16.6. The number of ether oxygens (including phenoxy) is 2. The van der Waals surface area contributed by atoms with E-state index in [1.165, 1.54) is 13.2 Å². The third kappa shape index (κ3) is 3.51. The van der Waals surface area contributed by atoms with Gasteiger partial charge in [0.25, 0.3) is 5.69 Å². The van der Waals surface area contributed by atoms with Crippen molar-refractivity contribution >= 4 is 17.9 Å². The number of aldehydes is 1. The minimum Gasteiger partial charge on any atom is -0.496 e. The minimum atomic E-state index is -0.633. The number of hydrogen-bond acceptors (Lipinski definition) is 6. The van der Waals surface area contributed by atoms with Crippen LogP contribution in [-0.2, 0) is 16.0 Å². The largest absolute Gasteiger partial charge is 0.496 e. The van der Waals surface area contributed by atoms with Gasteiger partial charge in [0.1, 0.15) is 5.75 Å². The lowest BCUT2D eigenvalue weighted by Gasteiger charge is -2.08. The van der Waals surface area contributed by atoms with Gasteiger partial charge in [-0.2, -0.15) is 0 Å². The molecule has 0 aliphatic rings. The van der Waals surface area contributed by atoms with Gasteiger partial charge in [0.05, 0.1) is 36.7 Å². The van der Waals surface area contributed by atoms with Gasteiger partial charge >= 0.3 is 5.97 Å². The number of nitro groups is 1. The Morgan fingerprint density at radius 3 is 2.63 bits per heavy atom. The Labute approximate surface area is 109 Å². The molecule has 0 radical (unpaired) electrons. The number of carbonyl (C=O) groups is 2. The molecule has 7 heteroatoms. The van der Waals surface area contributed by atoms with Crippen LogP contribution in [0.1, 0.15) is 22.8 Å². The van der Waals surface area contributed by atoms with E-state index < -0.39 is 10.9 Å². The van der Waals surface area contributed by atoms with Crippen LogP contribution in [0.5, 0.6) is 5.75 Å². The molecule has 0 aliphatic heterocycles. The summed E-state index contributed by atoms with van der Waals surface area (Å²) in [5, 5.41) is 10.9. The van der Waals surface area contributed by atoms with Crippen molar-refractivity contribution in [1.29, 1.82) is 0 Å². The maximum atomic E-state index is 11.4. The normalized spacial score (nSPS) is 9.79. The second kappa shape index (κ2) is 6.48. The van der Waals surface area contributed by atoms with Crippen molar-refractivity contribution in [2.75, 3.05) is 13.7 Å². The first-order chi connectivity index (χ1) is 9.03. The SMILES string of the molecule is CCOC(=O)Cc1cc(C=O)c(OC)cc1[N+](=O)[O-]. The van der Waals surface area contributed by atoms with Gasteiger partial charge < -0.3 is 9.47 Å². The summed E-state index contributed by atoms with van der Waals surface area (Å²) < 4.78 is 9.61. The van der Waals surface area contributed by atoms with Gasteiger partial charge in [-0.05, 0) is 13.0 Å². The summed E-state index contributed by atoms with van der Waals surface area (Å²) in [6.45, 7) is 1.82. The standard InChI is InChI=1S/C12H13NO6/c1-3-19-12(15)5-8-4-9(7-14)11(18-2)6-10(8)13(16)17/h4,6-7H,3,5H2,1-2H3. The number of nitro benzene ring substituents is 1. The summed E-state index contributed by atoms with van der Waals surface area (Å²) >= 11 is 0. The molecule has 0 heterocycles. The molecule has 0 N–H and O–H groups in total. The molecule has 1 aromatic rings. The van der Waals surface area contributed by atoms with E-state index in [0.29, 0.717) is 6.29 Å². The van der Waals surface area contributed by atoms with E-state index in [9.17, 15) is 19.7 Å². The zero-order valence-electron chi connectivity index (χ0n) is 10.5. The van der Waals surface area contributed by atoms with Crippen LogP contribution in [-0.4, -0.2) is 30.9 Å². The molecule has 0 saturated heterocycles. The van der Waals surface area contributed by atoms with Crippen molar-refractivity contribution in [3.8, 4) is 5.75 Å². The summed E-state index contributed by atoms with van der Waals surface area (Å²) in [4.78, 5) is 32.5. The predicted octanol–water partition coefficient (Wildman–Crippen LogP) is 1.52. The molecule has 0 aliphatic carbocycles. The monoisotopic (exact) mass is 267 g/mol. The molecular formula is C12H13NO6. The lowest BCUT2D eigenvalue weighted by molar-refractivity contribution is -0.385. The van der Waals surface area contributed by atoms with Gasteiger partial charge in [0.15, 0.2) is 6.29 Å². The highest BCUT2D eigenvalue weighted by Gasteiger charge is 2.21. The highest BCUT2D eigenvalue weighted by molar-refractivity contribution is 5.83. The zero-order valence-corrected chi connectivity index (χ0v) is 10.5. The fourth-order valence-electron chi connectivity index (χ4n) is 1.58. The molecule has 102 valence electrons. The third-order valence-electron chi connectivity index (χ3n) is 2.39. The average Bonchev–Trinajstić information content (AvgIpc) is 2.38. The molecule has 0 spiro atoms. The minimum absolute atomic E-state index is 0.0920. The number of methoxy groups -OCH3 is 1. The molecule has 0 amide bonds. The number of rotatable bonds is 6. The molecule has 0 aromatic heterocycles. The van der Waals surface area contributed by atoms with Gasteiger partial charge in [-0.1, -0.05) is 0 Å². The van der Waals surface area contributed by atoms with Crippen LogP contribution in [0.4, 0.5) is 5.69 Å². The Kier molecular flexibility index (Phi) is 4.99. The first-order valence-corrected chi connectivity index (χ1v) is 5.49. The second-order valence-corrected chi connectivity index (χ2v) is 3.58. The lowest BCUT2D eigenvalue weighted by Crippen LogP contribution is -2.10. The van der Waals surface area contributed by atoms with Crippen LogP contribution in [0.2, 0.25) is 0 Å². The Morgan fingerprint density at radius 1 is 1.47 bits per heavy atom. The average molecular weight is 267 g/mol. The maximum absolute atomic E-state index is 11.4. The Morgan fingerprint density at radius 2 is 2.16 bits per heavy atom. The van der Waals surface area contributed by atoms with Crippen molar-refractivity contribution in [3.05, 3.63) is 33.4 Å². The van der Waals surface area contributed by atoms with E-state index in [1.807, 2.05) is 0 Å². The van der Waals surface area contributed by atoms with Crippen molar-refractivity contribution in [3.63, 3.8) is 0 Å². The molecule has 19 heavy (non-hydrogen) atoms. The van der Waals surface area contributed by atoms with E-state index >= 15 is 0 Å². The van der Waals surface area contributed by atoms with E-state index in [4.69, 9.17) is 9.47 Å². The summed E-state index contributed by atoms with van der Waals surface area (Å²) in [5.74, 6) is -0.498. The molecule has 1 rings (SSSR count). The van der Waals surface area contributed by atoms with Gasteiger partial charge in [-0.25, -0.2) is 0 Å². The van der Waals surface area contributed by atoms with E-state index in [2.05, 4.69) is 0 Å². The second-order valence-electron chi connectivity index (χ2n) is 3.58. The molecule has 0 atom stereocenters. The van der Waals surface area contributed by atoms with Gasteiger partial charge in [0.2, 0.25) is 0 Å². The number of hydrogen-bond donors (Lipinski definition) is 0. The molecule has 0 fully saturated rings. The Hall–Kier alpha value is -2.44. The van der Waals surface area contributed by atoms with Crippen LogP contribution in [0.25, 0.3) is 0 Å². The molecule has 0 unspecified atom stereocenters. The molecular weight excluding hydrogens is 254 g/mol. The maximum Gasteiger partial charge on any atom is 0.310 e. The van der Waals surface area contributed by atoms with Crippen molar-refractivity contribution in [1.82, 2.24) is 0 Å². The smallest absolute Gasteiger partial charge is 0.310 e. The number of esters is 1. The first-order valence-electron chi connectivity index (χ1n) is 5.49. The zero-order chi connectivity index (χ0) is 14.4. The third-order valence-corrected chi connectivity index (χ3v) is 2.39. The van der Waals surface area contributed by atoms with Gasteiger partial charge in [0, 0.05) is 5.56 Å². The molecule has 7 nitrogen and oxygen atoms in total. The van der Waals surface area contributed by atoms with Crippen LogP contribution in [0, 0.1) is 10.1 Å². The summed E-state index contributed by atoms with van der Waals surface area (Å²) in [5.41, 5.74) is -0.0192. The molecule has 0 bridgehead atoms. The fourth-order valence-corrected chi connectivity index (χ4v) is 1.58. The number of nitrogens with zero attached hydrogens (tertiary/aromatic N) is 1. The number of benzene rings is 1. The van der Waals surface area contributed by atoms with Crippen LogP contribution < -0.4 is 4.74 Å². The van der Waals surface area contributed by atoms with Crippen LogP contribution in [0.15, 0.2) is 12.1 Å². The lowest BCUT2D eigenvalue weighted by atomic mass is 10.1. The summed E-state index contributed by atoms with van der Waals surface area (Å²) in [7, 11) is 1.30. The van der Waals surface area contributed by atoms with Crippen LogP contribution in [0.3, 0.4) is 0 Å². The Bertz CT molecular complexity index is 511. The molecule has 1 aromatic carbocycles. The van der Waals surface area contributed by atoms with E-state index in [-0.39, 0.29) is 35.6 Å². The van der Waals surface area contributed by atoms with Crippen molar-refractivity contribution < 1.29 is 24.0 Å². The Balaban J connectivity index is 3.23. The first kappa shape index (κ1) is 14.6. The topological polar surface area (TPSA) is 95.7 Å². The quantitative estimate of drug-likeness (QED) is 0.335. The van der Waals surface area contributed by atoms with Gasteiger partial charge in [-0.3, -0.25) is 19.7 Å². The van der Waals surface area contributed by atoms with E-state index in [0.717, 1.165) is 6.07 Å². The fraction of sp³-hybridized carbons (Fsp3) is 0.333. The summed E-state index contributed by atoms with van der Waals surface area (Å²) in [6.07, 6.45) is 0.242. The van der Waals surface area contributed by atoms with Gasteiger partial charge in [-0.15, -0.1) is 0 Å².